The number of carbonyl (C=O) groups is 1. The van der Waals surface area contributed by atoms with Gasteiger partial charge in [0, 0.05) is 42.4 Å². The normalized spacial score (nSPS) is 20.0. The number of aromatic nitrogens is 3. The van der Waals surface area contributed by atoms with Crippen LogP contribution in [0.5, 0.6) is 0 Å². The molecule has 5 rings (SSSR count). The van der Waals surface area contributed by atoms with Crippen molar-refractivity contribution >= 4 is 28.2 Å². The number of nitrogens with two attached hydrogens (primary N) is 1. The zero-order valence-electron chi connectivity index (χ0n) is 17.8. The molecule has 1 aliphatic carbocycles. The number of aryl methyl sites for hydroxylation is 2. The fourth-order valence-electron chi connectivity index (χ4n) is 4.60. The quantitative estimate of drug-likeness (QED) is 0.484. The maximum atomic E-state index is 12.9. The number of nitrogen functional groups attached to an aromatic ring is 1. The van der Waals surface area contributed by atoms with E-state index < -0.39 is 0 Å². The van der Waals surface area contributed by atoms with Crippen LogP contribution in [-0.4, -0.2) is 20.7 Å². The van der Waals surface area contributed by atoms with Crippen molar-refractivity contribution in [3.8, 4) is 11.1 Å². The zero-order valence-corrected chi connectivity index (χ0v) is 17.8. The predicted octanol–water partition coefficient (Wildman–Crippen LogP) is 4.51. The maximum Gasteiger partial charge on any atom is 0.229 e. The minimum atomic E-state index is -0.0648. The van der Waals surface area contributed by atoms with E-state index in [2.05, 4.69) is 47.4 Å². The van der Waals surface area contributed by atoms with Crippen molar-refractivity contribution in [1.82, 2.24) is 14.8 Å². The van der Waals surface area contributed by atoms with E-state index in [9.17, 15) is 4.79 Å². The average Bonchev–Trinajstić information content (AvgIpc) is 3.22. The van der Waals surface area contributed by atoms with Crippen molar-refractivity contribution < 1.29 is 4.79 Å². The van der Waals surface area contributed by atoms with Crippen LogP contribution < -0.4 is 11.1 Å². The molecule has 0 unspecified atom stereocenters. The van der Waals surface area contributed by atoms with Gasteiger partial charge < -0.3 is 11.1 Å². The van der Waals surface area contributed by atoms with Crippen LogP contribution in [0.1, 0.15) is 24.0 Å². The molecule has 0 bridgehead atoms. The molecule has 156 valence electrons. The number of hydrogen-bond donors (Lipinski definition) is 2. The van der Waals surface area contributed by atoms with Gasteiger partial charge in [-0.15, -0.1) is 0 Å². The third-order valence-electron chi connectivity index (χ3n) is 6.37. The van der Waals surface area contributed by atoms with Crippen molar-refractivity contribution in [2.75, 3.05) is 11.1 Å². The number of nitrogens with one attached hydrogen (secondary N) is 1. The second-order valence-electron chi connectivity index (χ2n) is 8.52. The summed E-state index contributed by atoms with van der Waals surface area (Å²) in [6, 6.07) is 14.2. The van der Waals surface area contributed by atoms with E-state index in [0.717, 1.165) is 27.5 Å². The van der Waals surface area contributed by atoms with Gasteiger partial charge in [-0.25, -0.2) is 4.98 Å². The summed E-state index contributed by atoms with van der Waals surface area (Å²) in [7, 11) is 1.89. The first-order chi connectivity index (χ1) is 14.9. The van der Waals surface area contributed by atoms with E-state index in [1.165, 1.54) is 5.56 Å². The fourth-order valence-corrected chi connectivity index (χ4v) is 4.60. The third kappa shape index (κ3) is 3.44. The maximum absolute atomic E-state index is 12.9. The molecule has 0 aliphatic heterocycles. The standard InChI is InChI=1S/C25H25N5O/c1-14-6-4-5-7-19(14)16-8-17-10-22(27-12-20(17)21(26)9-16)29-25(31)24-15(2)23(24)18-11-28-30(3)13-18/h4-13,15,23-24H,26H2,1-3H3,(H,27,29,31)/t15-,23+,24-/m1/s1. The number of nitrogens with zero attached hydrogens (tertiary/aromatic N) is 3. The van der Waals surface area contributed by atoms with Gasteiger partial charge in [0.15, 0.2) is 0 Å². The molecule has 6 nitrogen and oxygen atoms in total. The SMILES string of the molecule is Cc1ccccc1-c1cc(N)c2cnc(NC(=O)[C@@H]3[C@H](C)[C@H]3c3cnn(C)c3)cc2c1. The highest BCUT2D eigenvalue weighted by Crippen LogP contribution is 2.54. The molecule has 0 spiro atoms. The highest BCUT2D eigenvalue weighted by atomic mass is 16.2. The lowest BCUT2D eigenvalue weighted by atomic mass is 9.97. The number of hydrogen-bond acceptors (Lipinski definition) is 4. The van der Waals surface area contributed by atoms with Crippen molar-refractivity contribution in [1.29, 1.82) is 0 Å². The van der Waals surface area contributed by atoms with Crippen molar-refractivity contribution in [3.63, 3.8) is 0 Å². The van der Waals surface area contributed by atoms with Crippen LogP contribution >= 0.6 is 0 Å². The van der Waals surface area contributed by atoms with Gasteiger partial charge in [-0.3, -0.25) is 9.48 Å². The summed E-state index contributed by atoms with van der Waals surface area (Å²) in [5.41, 5.74) is 11.5. The molecule has 31 heavy (non-hydrogen) atoms. The number of carbonyl (C=O) groups excluding carboxylic acids is 1. The molecule has 3 N–H and O–H groups in total. The van der Waals surface area contributed by atoms with Gasteiger partial charge in [-0.2, -0.15) is 5.10 Å². The first-order valence-corrected chi connectivity index (χ1v) is 10.5. The zero-order chi connectivity index (χ0) is 21.7. The van der Waals surface area contributed by atoms with E-state index in [1.807, 2.05) is 43.7 Å². The van der Waals surface area contributed by atoms with Gasteiger partial charge in [-0.05, 0) is 58.7 Å². The van der Waals surface area contributed by atoms with Crippen LogP contribution in [0.15, 0.2) is 61.1 Å². The number of pyridine rings is 1. The summed E-state index contributed by atoms with van der Waals surface area (Å²) in [5.74, 6) is 0.967. The molecule has 0 saturated heterocycles. The molecule has 6 heteroatoms. The topological polar surface area (TPSA) is 85.8 Å². The first-order valence-electron chi connectivity index (χ1n) is 10.5. The van der Waals surface area contributed by atoms with Gasteiger partial charge in [0.05, 0.1) is 6.20 Å². The lowest BCUT2D eigenvalue weighted by Gasteiger charge is -2.11. The molecule has 3 atom stereocenters. The van der Waals surface area contributed by atoms with Crippen LogP contribution in [0.2, 0.25) is 0 Å². The van der Waals surface area contributed by atoms with Crippen LogP contribution in [0.3, 0.4) is 0 Å². The van der Waals surface area contributed by atoms with Gasteiger partial charge in [0.25, 0.3) is 0 Å². The molecule has 1 aliphatic rings. The Kier molecular flexibility index (Phi) is 4.50. The second-order valence-corrected chi connectivity index (χ2v) is 8.52. The van der Waals surface area contributed by atoms with Gasteiger partial charge in [-0.1, -0.05) is 31.2 Å². The smallest absolute Gasteiger partial charge is 0.229 e. The number of fused-ring (bicyclic) bond motifs is 1. The van der Waals surface area contributed by atoms with Crippen LogP contribution in [-0.2, 0) is 11.8 Å². The fraction of sp³-hybridized carbons (Fsp3) is 0.240. The Morgan fingerprint density at radius 2 is 1.97 bits per heavy atom. The molecule has 4 aromatic rings. The Balaban J connectivity index is 1.42. The molecule has 2 aromatic heterocycles. The Hall–Kier alpha value is -3.67. The molecule has 1 saturated carbocycles. The Morgan fingerprint density at radius 3 is 2.71 bits per heavy atom. The van der Waals surface area contributed by atoms with Crippen molar-refractivity contribution in [3.05, 3.63) is 72.2 Å². The number of rotatable bonds is 4. The monoisotopic (exact) mass is 411 g/mol. The van der Waals surface area contributed by atoms with Crippen LogP contribution in [0.25, 0.3) is 21.9 Å². The molecule has 0 radical (unpaired) electrons. The summed E-state index contributed by atoms with van der Waals surface area (Å²) in [6.45, 7) is 4.19. The number of anilines is 2. The highest BCUT2D eigenvalue weighted by Gasteiger charge is 2.52. The van der Waals surface area contributed by atoms with Gasteiger partial charge in [0.1, 0.15) is 5.82 Å². The van der Waals surface area contributed by atoms with Crippen molar-refractivity contribution in [2.45, 2.75) is 19.8 Å². The van der Waals surface area contributed by atoms with Crippen LogP contribution in [0.4, 0.5) is 11.5 Å². The number of amides is 1. The molecule has 2 heterocycles. The summed E-state index contributed by atoms with van der Waals surface area (Å²) in [5, 5.41) is 9.07. The molecule has 2 aromatic carbocycles. The van der Waals surface area contributed by atoms with Gasteiger partial charge in [0.2, 0.25) is 5.91 Å². The summed E-state index contributed by atoms with van der Waals surface area (Å²) in [4.78, 5) is 17.3. The minimum Gasteiger partial charge on any atom is -0.398 e. The largest absolute Gasteiger partial charge is 0.398 e. The second kappa shape index (κ2) is 7.23. The summed E-state index contributed by atoms with van der Waals surface area (Å²) >= 11 is 0. The predicted molar refractivity (Wildman–Crippen MR) is 124 cm³/mol. The molecule has 1 amide bonds. The number of benzene rings is 2. The lowest BCUT2D eigenvalue weighted by molar-refractivity contribution is -0.117. The highest BCUT2D eigenvalue weighted by molar-refractivity contribution is 6.00. The van der Waals surface area contributed by atoms with Gasteiger partial charge >= 0.3 is 0 Å². The molecular formula is C25H25N5O. The first kappa shape index (κ1) is 19.3. The third-order valence-corrected chi connectivity index (χ3v) is 6.37. The molecular weight excluding hydrogens is 386 g/mol. The van der Waals surface area contributed by atoms with E-state index in [-0.39, 0.29) is 23.7 Å². The van der Waals surface area contributed by atoms with E-state index in [0.29, 0.717) is 11.5 Å². The Morgan fingerprint density at radius 1 is 1.16 bits per heavy atom. The Bertz CT molecular complexity index is 1310. The summed E-state index contributed by atoms with van der Waals surface area (Å²) in [6.07, 6.45) is 5.56. The minimum absolute atomic E-state index is 0.00349. The lowest BCUT2D eigenvalue weighted by Crippen LogP contribution is -2.16. The van der Waals surface area contributed by atoms with E-state index in [1.54, 1.807) is 10.9 Å². The average molecular weight is 412 g/mol. The Labute approximate surface area is 181 Å². The summed E-state index contributed by atoms with van der Waals surface area (Å²) < 4.78 is 1.77. The van der Waals surface area contributed by atoms with Crippen LogP contribution in [0, 0.1) is 18.8 Å². The van der Waals surface area contributed by atoms with E-state index in [4.69, 9.17) is 5.73 Å². The molecule has 1 fully saturated rings. The van der Waals surface area contributed by atoms with Crippen molar-refractivity contribution in [2.24, 2.45) is 18.9 Å². The van der Waals surface area contributed by atoms with E-state index >= 15 is 0 Å².